The fourth-order valence-corrected chi connectivity index (χ4v) is 5.57. The lowest BCUT2D eigenvalue weighted by atomic mass is 9.83. The molecule has 1 aromatic rings. The maximum Gasteiger partial charge on any atom is 0.245 e. The van der Waals surface area contributed by atoms with Crippen molar-refractivity contribution in [1.82, 2.24) is 9.80 Å². The van der Waals surface area contributed by atoms with Crippen LogP contribution in [0.4, 0.5) is 0 Å². The molecule has 2 aliphatic heterocycles. The number of amides is 2. The number of hydrogen-bond donors (Lipinski definition) is 0. The molecule has 31 heavy (non-hydrogen) atoms. The summed E-state index contributed by atoms with van der Waals surface area (Å²) in [7, 11) is 0. The Balaban J connectivity index is 1.45. The third kappa shape index (κ3) is 4.65. The minimum absolute atomic E-state index is 0.0164. The minimum atomic E-state index is -0.387. The van der Waals surface area contributed by atoms with Crippen molar-refractivity contribution in [3.63, 3.8) is 0 Å². The van der Waals surface area contributed by atoms with Crippen molar-refractivity contribution in [2.24, 2.45) is 5.92 Å². The number of fused-ring (bicyclic) bond motifs is 1. The molecule has 1 aliphatic carbocycles. The van der Waals surface area contributed by atoms with Gasteiger partial charge >= 0.3 is 0 Å². The van der Waals surface area contributed by atoms with Crippen molar-refractivity contribution in [3.05, 3.63) is 35.4 Å². The molecule has 0 spiro atoms. The molecule has 2 amide bonds. The van der Waals surface area contributed by atoms with Crippen LogP contribution in [-0.2, 0) is 31.9 Å². The van der Waals surface area contributed by atoms with Crippen molar-refractivity contribution in [3.8, 4) is 0 Å². The molecule has 0 bridgehead atoms. The maximum atomic E-state index is 13.6. The number of nitrogens with zero attached hydrogens (tertiary/aromatic N) is 2. The van der Waals surface area contributed by atoms with Crippen LogP contribution in [0.25, 0.3) is 0 Å². The number of carbonyl (C=O) groups excluding carboxylic acids is 2. The van der Waals surface area contributed by atoms with Gasteiger partial charge in [-0.15, -0.1) is 0 Å². The second-order valence-corrected chi connectivity index (χ2v) is 8.92. The summed E-state index contributed by atoms with van der Waals surface area (Å²) < 4.78 is 11.6. The van der Waals surface area contributed by atoms with Gasteiger partial charge in [-0.25, -0.2) is 0 Å². The summed E-state index contributed by atoms with van der Waals surface area (Å²) in [6.07, 6.45) is 5.70. The smallest absolute Gasteiger partial charge is 0.245 e. The molecule has 2 fully saturated rings. The Bertz CT molecular complexity index is 777. The van der Waals surface area contributed by atoms with Gasteiger partial charge in [0.05, 0.1) is 6.04 Å². The summed E-state index contributed by atoms with van der Waals surface area (Å²) in [6, 6.07) is 8.02. The van der Waals surface area contributed by atoms with Crippen molar-refractivity contribution in [2.45, 2.75) is 77.2 Å². The van der Waals surface area contributed by atoms with Gasteiger partial charge in [-0.3, -0.25) is 9.59 Å². The molecule has 6 nitrogen and oxygen atoms in total. The van der Waals surface area contributed by atoms with Crippen LogP contribution in [0.2, 0.25) is 0 Å². The lowest BCUT2D eigenvalue weighted by Gasteiger charge is -2.36. The van der Waals surface area contributed by atoms with Gasteiger partial charge in [0.15, 0.2) is 6.29 Å². The highest BCUT2D eigenvalue weighted by Crippen LogP contribution is 2.32. The number of hydrogen-bond acceptors (Lipinski definition) is 4. The average Bonchev–Trinajstić information content (AvgIpc) is 3.47. The topological polar surface area (TPSA) is 59.1 Å². The SMILES string of the molecule is CCOC(OCC)[C@@H]1CCCN1C(=O)[C@@H]1CCCN1C(=O)[C@H]1CCc2ccccc2C1. The van der Waals surface area contributed by atoms with E-state index in [-0.39, 0.29) is 36.1 Å². The first-order chi connectivity index (χ1) is 15.1. The summed E-state index contributed by atoms with van der Waals surface area (Å²) in [5.41, 5.74) is 2.64. The van der Waals surface area contributed by atoms with E-state index < -0.39 is 0 Å². The highest BCUT2D eigenvalue weighted by atomic mass is 16.7. The lowest BCUT2D eigenvalue weighted by Crippen LogP contribution is -2.53. The van der Waals surface area contributed by atoms with Crippen LogP contribution in [-0.4, -0.2) is 66.3 Å². The van der Waals surface area contributed by atoms with Crippen LogP contribution in [0, 0.1) is 5.92 Å². The monoisotopic (exact) mass is 428 g/mol. The molecule has 0 saturated carbocycles. The number of rotatable bonds is 7. The third-order valence-electron chi connectivity index (χ3n) is 7.08. The number of benzene rings is 1. The predicted octanol–water partition coefficient (Wildman–Crippen LogP) is 3.17. The van der Waals surface area contributed by atoms with Crippen LogP contribution in [0.15, 0.2) is 24.3 Å². The zero-order valence-electron chi connectivity index (χ0n) is 18.9. The Hall–Kier alpha value is -1.92. The van der Waals surface area contributed by atoms with Crippen molar-refractivity contribution in [1.29, 1.82) is 0 Å². The molecule has 0 N–H and O–H groups in total. The van der Waals surface area contributed by atoms with E-state index in [0.717, 1.165) is 51.5 Å². The maximum absolute atomic E-state index is 13.6. The van der Waals surface area contributed by atoms with E-state index >= 15 is 0 Å². The summed E-state index contributed by atoms with van der Waals surface area (Å²) in [6.45, 7) is 6.42. The van der Waals surface area contributed by atoms with Crippen LogP contribution in [0.3, 0.4) is 0 Å². The zero-order valence-corrected chi connectivity index (χ0v) is 18.9. The Labute approximate surface area is 185 Å². The van der Waals surface area contributed by atoms with Crippen molar-refractivity contribution < 1.29 is 19.1 Å². The molecule has 0 radical (unpaired) electrons. The van der Waals surface area contributed by atoms with Gasteiger partial charge in [0.25, 0.3) is 0 Å². The molecule has 6 heteroatoms. The van der Waals surface area contributed by atoms with E-state index in [0.29, 0.717) is 19.8 Å². The molecule has 2 saturated heterocycles. The quantitative estimate of drug-likeness (QED) is 0.626. The van der Waals surface area contributed by atoms with Gasteiger partial charge < -0.3 is 19.3 Å². The average molecular weight is 429 g/mol. The van der Waals surface area contributed by atoms with Gasteiger partial charge in [0.2, 0.25) is 11.8 Å². The highest BCUT2D eigenvalue weighted by molar-refractivity contribution is 5.89. The fourth-order valence-electron chi connectivity index (χ4n) is 5.57. The predicted molar refractivity (Wildman–Crippen MR) is 118 cm³/mol. The van der Waals surface area contributed by atoms with E-state index in [1.165, 1.54) is 11.1 Å². The lowest BCUT2D eigenvalue weighted by molar-refractivity contribution is -0.177. The minimum Gasteiger partial charge on any atom is -0.351 e. The Morgan fingerprint density at radius 1 is 0.935 bits per heavy atom. The van der Waals surface area contributed by atoms with Gasteiger partial charge in [0, 0.05) is 32.2 Å². The number of carbonyl (C=O) groups is 2. The number of likely N-dealkylation sites (tertiary alicyclic amines) is 2. The molecule has 3 aliphatic rings. The van der Waals surface area contributed by atoms with Gasteiger partial charge in [-0.1, -0.05) is 24.3 Å². The molecule has 0 unspecified atom stereocenters. The van der Waals surface area contributed by atoms with Crippen LogP contribution >= 0.6 is 0 Å². The molecule has 1 aromatic carbocycles. The Kier molecular flexibility index (Phi) is 7.28. The second-order valence-electron chi connectivity index (χ2n) is 8.92. The second kappa shape index (κ2) is 10.1. The van der Waals surface area contributed by atoms with Gasteiger partial charge in [0.1, 0.15) is 6.04 Å². The van der Waals surface area contributed by atoms with Crippen LogP contribution < -0.4 is 0 Å². The Morgan fingerprint density at radius 3 is 2.35 bits per heavy atom. The van der Waals surface area contributed by atoms with E-state index in [2.05, 4.69) is 24.3 Å². The summed E-state index contributed by atoms with van der Waals surface area (Å²) in [4.78, 5) is 30.9. The van der Waals surface area contributed by atoms with E-state index in [1.807, 2.05) is 23.6 Å². The van der Waals surface area contributed by atoms with Crippen molar-refractivity contribution in [2.75, 3.05) is 26.3 Å². The van der Waals surface area contributed by atoms with Gasteiger partial charge in [-0.2, -0.15) is 0 Å². The normalized spacial score (nSPS) is 25.8. The first-order valence-corrected chi connectivity index (χ1v) is 12.0. The van der Waals surface area contributed by atoms with Crippen LogP contribution in [0.5, 0.6) is 0 Å². The molecular formula is C25H36N2O4. The van der Waals surface area contributed by atoms with E-state index in [9.17, 15) is 9.59 Å². The summed E-state index contributed by atoms with van der Waals surface area (Å²) in [5, 5.41) is 0. The third-order valence-corrected chi connectivity index (χ3v) is 7.08. The Morgan fingerprint density at radius 2 is 1.61 bits per heavy atom. The first-order valence-electron chi connectivity index (χ1n) is 12.0. The van der Waals surface area contributed by atoms with Crippen molar-refractivity contribution >= 4 is 11.8 Å². The summed E-state index contributed by atoms with van der Waals surface area (Å²) in [5.74, 6) is 0.221. The molecule has 0 aromatic heterocycles. The zero-order chi connectivity index (χ0) is 21.8. The largest absolute Gasteiger partial charge is 0.351 e. The summed E-state index contributed by atoms with van der Waals surface area (Å²) >= 11 is 0. The molecular weight excluding hydrogens is 392 g/mol. The number of aryl methyl sites for hydroxylation is 1. The van der Waals surface area contributed by atoms with E-state index in [4.69, 9.17) is 9.47 Å². The van der Waals surface area contributed by atoms with E-state index in [1.54, 1.807) is 0 Å². The first kappa shape index (κ1) is 22.3. The molecule has 170 valence electrons. The standard InChI is InChI=1S/C25H36N2O4/c1-3-30-25(31-4-2)22-12-8-16-27(22)24(29)21-11-7-15-26(21)23(28)20-14-13-18-9-5-6-10-19(18)17-20/h5-6,9-10,20-22,25H,3-4,7-8,11-17H2,1-2H3/t20-,21-,22-/m0/s1. The molecule has 4 rings (SSSR count). The molecule has 3 atom stereocenters. The van der Waals surface area contributed by atoms with Crippen LogP contribution in [0.1, 0.15) is 57.1 Å². The number of ether oxygens (including phenoxy) is 2. The fraction of sp³-hybridized carbons (Fsp3) is 0.680. The van der Waals surface area contributed by atoms with Gasteiger partial charge in [-0.05, 0) is 69.9 Å². The highest BCUT2D eigenvalue weighted by Gasteiger charge is 2.44. The molecule has 2 heterocycles.